The molecule has 7 heteroatoms. The van der Waals surface area contributed by atoms with E-state index < -0.39 is 5.92 Å². The molecular weight excluding hydrogens is 349 g/mol. The highest BCUT2D eigenvalue weighted by molar-refractivity contribution is 6.31. The van der Waals surface area contributed by atoms with E-state index in [4.69, 9.17) is 11.6 Å². The van der Waals surface area contributed by atoms with E-state index in [-0.39, 0.29) is 24.2 Å². The molecule has 24 heavy (non-hydrogen) atoms. The number of rotatable bonds is 2. The number of carbonyl (C=O) groups excluding carboxylic acids is 2. The van der Waals surface area contributed by atoms with Crippen LogP contribution in [0, 0.1) is 17.8 Å². The molecule has 0 radical (unpaired) electrons. The largest absolute Gasteiger partial charge is 0.341 e. The quantitative estimate of drug-likeness (QED) is 0.808. The third kappa shape index (κ3) is 3.01. The second-order valence-electron chi connectivity index (χ2n) is 6.73. The van der Waals surface area contributed by atoms with E-state index in [9.17, 15) is 9.59 Å². The number of hydrogen-bond donors (Lipinski definition) is 1. The Balaban J connectivity index is 0.00000169. The summed E-state index contributed by atoms with van der Waals surface area (Å²) < 4.78 is 0. The van der Waals surface area contributed by atoms with E-state index in [2.05, 4.69) is 5.32 Å². The van der Waals surface area contributed by atoms with Crippen LogP contribution in [0.5, 0.6) is 0 Å². The molecule has 1 N–H and O–H groups in total. The maximum absolute atomic E-state index is 12.8. The zero-order valence-corrected chi connectivity index (χ0v) is 14.9. The van der Waals surface area contributed by atoms with Gasteiger partial charge in [0.2, 0.25) is 11.8 Å². The summed E-state index contributed by atoms with van der Waals surface area (Å²) in [5, 5.41) is 3.97. The van der Waals surface area contributed by atoms with Crippen LogP contribution in [0.25, 0.3) is 0 Å². The minimum atomic E-state index is -0.527. The van der Waals surface area contributed by atoms with E-state index in [1.807, 2.05) is 17.0 Å². The molecule has 0 saturated carbocycles. The fraction of sp³-hybridized carbons (Fsp3) is 0.529. The smallest absolute Gasteiger partial charge is 0.239 e. The summed E-state index contributed by atoms with van der Waals surface area (Å²) in [6.45, 7) is 4.14. The van der Waals surface area contributed by atoms with Crippen molar-refractivity contribution in [1.29, 1.82) is 0 Å². The molecule has 3 fully saturated rings. The summed E-state index contributed by atoms with van der Waals surface area (Å²) in [6.07, 6.45) is 0.592. The molecule has 0 bridgehead atoms. The van der Waals surface area contributed by atoms with E-state index >= 15 is 0 Å². The van der Waals surface area contributed by atoms with Crippen LogP contribution in [0.4, 0.5) is 5.69 Å². The predicted molar refractivity (Wildman–Crippen MR) is 95.6 cm³/mol. The molecule has 2 amide bonds. The number of nitrogens with zero attached hydrogens (tertiary/aromatic N) is 2. The molecule has 3 aliphatic heterocycles. The second-order valence-corrected chi connectivity index (χ2v) is 7.17. The van der Waals surface area contributed by atoms with Crippen LogP contribution < -0.4 is 10.2 Å². The SMILES string of the molecule is Cl.O=C(C1CCN(c2cccc(Cl)c2)C1=O)N1C[C@H]2CNC[C@H]2C1. The summed E-state index contributed by atoms with van der Waals surface area (Å²) in [5.74, 6) is 0.501. The molecule has 3 saturated heterocycles. The highest BCUT2D eigenvalue weighted by Gasteiger charge is 2.44. The topological polar surface area (TPSA) is 52.7 Å². The molecule has 3 heterocycles. The fourth-order valence-electron chi connectivity index (χ4n) is 4.07. The number of anilines is 1. The van der Waals surface area contributed by atoms with Gasteiger partial charge in [-0.05, 0) is 36.5 Å². The lowest BCUT2D eigenvalue weighted by Gasteiger charge is -2.21. The van der Waals surface area contributed by atoms with Crippen molar-refractivity contribution in [3.8, 4) is 0 Å². The standard InChI is InChI=1S/C17H20ClN3O2.ClH/c18-13-2-1-3-14(6-13)21-5-4-15(17(21)23)16(22)20-9-11-7-19-8-12(11)10-20;/h1-3,6,11-12,15,19H,4-5,7-10H2;1H/t11-,12+,15?;. The first-order valence-corrected chi connectivity index (χ1v) is 8.58. The van der Waals surface area contributed by atoms with Crippen molar-refractivity contribution < 1.29 is 9.59 Å². The van der Waals surface area contributed by atoms with Gasteiger partial charge in [0.1, 0.15) is 5.92 Å². The van der Waals surface area contributed by atoms with Crippen LogP contribution in [0.3, 0.4) is 0 Å². The molecule has 1 aromatic rings. The number of benzene rings is 1. The lowest BCUT2D eigenvalue weighted by molar-refractivity contribution is -0.139. The molecular formula is C17H21Cl2N3O2. The van der Waals surface area contributed by atoms with Crippen LogP contribution in [-0.2, 0) is 9.59 Å². The van der Waals surface area contributed by atoms with Crippen molar-refractivity contribution in [1.82, 2.24) is 10.2 Å². The van der Waals surface area contributed by atoms with Gasteiger partial charge in [0, 0.05) is 43.4 Å². The molecule has 1 aromatic carbocycles. The van der Waals surface area contributed by atoms with E-state index in [0.29, 0.717) is 29.8 Å². The minimum absolute atomic E-state index is 0. The van der Waals surface area contributed by atoms with Crippen LogP contribution >= 0.6 is 24.0 Å². The normalized spacial score (nSPS) is 28.9. The number of carbonyl (C=O) groups is 2. The van der Waals surface area contributed by atoms with Gasteiger partial charge in [-0.2, -0.15) is 0 Å². The molecule has 0 aromatic heterocycles. The Bertz CT molecular complexity index is 642. The molecule has 3 atom stereocenters. The first-order valence-electron chi connectivity index (χ1n) is 8.20. The summed E-state index contributed by atoms with van der Waals surface area (Å²) in [5.41, 5.74) is 0.778. The van der Waals surface area contributed by atoms with Gasteiger partial charge in [-0.3, -0.25) is 9.59 Å². The molecule has 3 aliphatic rings. The number of hydrogen-bond acceptors (Lipinski definition) is 3. The molecule has 1 unspecified atom stereocenters. The monoisotopic (exact) mass is 369 g/mol. The maximum atomic E-state index is 12.8. The molecule has 0 aliphatic carbocycles. The van der Waals surface area contributed by atoms with Crippen LogP contribution in [0.15, 0.2) is 24.3 Å². The first kappa shape index (κ1) is 17.5. The lowest BCUT2D eigenvalue weighted by atomic mass is 10.0. The van der Waals surface area contributed by atoms with Gasteiger partial charge in [0.15, 0.2) is 0 Å². The van der Waals surface area contributed by atoms with E-state index in [0.717, 1.165) is 31.9 Å². The number of fused-ring (bicyclic) bond motifs is 1. The number of likely N-dealkylation sites (tertiary alicyclic amines) is 1. The number of halogens is 2. The Morgan fingerprint density at radius 1 is 1.21 bits per heavy atom. The summed E-state index contributed by atoms with van der Waals surface area (Å²) in [7, 11) is 0. The summed E-state index contributed by atoms with van der Waals surface area (Å²) in [4.78, 5) is 29.0. The molecule has 0 spiro atoms. The van der Waals surface area contributed by atoms with Crippen LogP contribution in [0.1, 0.15) is 6.42 Å². The molecule has 4 rings (SSSR count). The van der Waals surface area contributed by atoms with Crippen molar-refractivity contribution in [3.63, 3.8) is 0 Å². The highest BCUT2D eigenvalue weighted by atomic mass is 35.5. The first-order chi connectivity index (χ1) is 11.1. The lowest BCUT2D eigenvalue weighted by Crippen LogP contribution is -2.40. The van der Waals surface area contributed by atoms with E-state index in [1.54, 1.807) is 17.0 Å². The Morgan fingerprint density at radius 3 is 2.58 bits per heavy atom. The number of nitrogens with one attached hydrogen (secondary N) is 1. The number of amides is 2. The van der Waals surface area contributed by atoms with Gasteiger partial charge >= 0.3 is 0 Å². The van der Waals surface area contributed by atoms with Gasteiger partial charge in [-0.1, -0.05) is 17.7 Å². The van der Waals surface area contributed by atoms with Crippen molar-refractivity contribution in [2.24, 2.45) is 17.8 Å². The summed E-state index contributed by atoms with van der Waals surface area (Å²) in [6, 6.07) is 7.25. The van der Waals surface area contributed by atoms with Crippen molar-refractivity contribution in [3.05, 3.63) is 29.3 Å². The van der Waals surface area contributed by atoms with Crippen molar-refractivity contribution in [2.75, 3.05) is 37.6 Å². The van der Waals surface area contributed by atoms with Gasteiger partial charge in [-0.25, -0.2) is 0 Å². The Kier molecular flexibility index (Phi) is 5.04. The minimum Gasteiger partial charge on any atom is -0.341 e. The Labute approximate surface area is 152 Å². The highest BCUT2D eigenvalue weighted by Crippen LogP contribution is 2.32. The Hall–Kier alpha value is -1.30. The fourth-order valence-corrected chi connectivity index (χ4v) is 4.25. The second kappa shape index (κ2) is 6.90. The zero-order valence-electron chi connectivity index (χ0n) is 13.3. The zero-order chi connectivity index (χ0) is 16.0. The van der Waals surface area contributed by atoms with Gasteiger partial charge in [-0.15, -0.1) is 12.4 Å². The third-order valence-corrected chi connectivity index (χ3v) is 5.56. The van der Waals surface area contributed by atoms with Crippen LogP contribution in [0.2, 0.25) is 5.02 Å². The van der Waals surface area contributed by atoms with Crippen molar-refractivity contribution >= 4 is 41.5 Å². The van der Waals surface area contributed by atoms with Crippen molar-refractivity contribution in [2.45, 2.75) is 6.42 Å². The Morgan fingerprint density at radius 2 is 1.92 bits per heavy atom. The average Bonchev–Trinajstić information content (AvgIpc) is 3.20. The van der Waals surface area contributed by atoms with Gasteiger partial charge in [0.25, 0.3) is 0 Å². The van der Waals surface area contributed by atoms with Gasteiger partial charge < -0.3 is 15.1 Å². The van der Waals surface area contributed by atoms with E-state index in [1.165, 1.54) is 0 Å². The maximum Gasteiger partial charge on any atom is 0.239 e. The third-order valence-electron chi connectivity index (χ3n) is 5.32. The average molecular weight is 370 g/mol. The predicted octanol–water partition coefficient (Wildman–Crippen LogP) is 1.79. The molecule has 130 valence electrons. The molecule has 5 nitrogen and oxygen atoms in total. The van der Waals surface area contributed by atoms with Crippen LogP contribution in [-0.4, -0.2) is 49.4 Å². The summed E-state index contributed by atoms with van der Waals surface area (Å²) >= 11 is 6.01. The van der Waals surface area contributed by atoms with Gasteiger partial charge in [0.05, 0.1) is 0 Å².